The van der Waals surface area contributed by atoms with Crippen molar-refractivity contribution < 1.29 is 26.5 Å². The highest BCUT2D eigenvalue weighted by Gasteiger charge is 2.19. The molecule has 1 aromatic rings. The second kappa shape index (κ2) is 5.96. The van der Waals surface area contributed by atoms with Crippen LogP contribution in [0.4, 0.5) is 4.39 Å². The van der Waals surface area contributed by atoms with Gasteiger partial charge in [0.15, 0.2) is 6.29 Å². The molecule has 0 radical (unpaired) electrons. The maximum atomic E-state index is 13.8. The van der Waals surface area contributed by atoms with Gasteiger partial charge in [-0.25, -0.2) is 4.39 Å². The Balaban J connectivity index is 1.98. The van der Waals surface area contributed by atoms with E-state index in [4.69, 9.17) is 9.47 Å². The molecule has 1 heterocycles. The molecule has 0 bridgehead atoms. The van der Waals surface area contributed by atoms with E-state index in [0.717, 1.165) is 6.26 Å². The third-order valence-corrected chi connectivity index (χ3v) is 3.23. The fourth-order valence-corrected chi connectivity index (χ4v) is 2.15. The zero-order chi connectivity index (χ0) is 13.9. The van der Waals surface area contributed by atoms with Gasteiger partial charge in [-0.2, -0.15) is 8.42 Å². The van der Waals surface area contributed by atoms with Crippen molar-refractivity contribution >= 4 is 10.1 Å². The molecule has 2 rings (SSSR count). The minimum absolute atomic E-state index is 0.0778. The Bertz CT molecular complexity index is 537. The molecule has 0 aromatic heterocycles. The van der Waals surface area contributed by atoms with E-state index in [1.165, 1.54) is 6.07 Å². The van der Waals surface area contributed by atoms with Crippen LogP contribution in [0.15, 0.2) is 18.2 Å². The van der Waals surface area contributed by atoms with Gasteiger partial charge >= 0.3 is 0 Å². The zero-order valence-corrected chi connectivity index (χ0v) is 11.3. The number of hydrogen-bond acceptors (Lipinski definition) is 5. The third-order valence-electron chi connectivity index (χ3n) is 2.64. The first-order valence-electron chi connectivity index (χ1n) is 5.81. The summed E-state index contributed by atoms with van der Waals surface area (Å²) in [6, 6.07) is 4.63. The van der Waals surface area contributed by atoms with E-state index in [1.54, 1.807) is 12.1 Å². The molecule has 0 spiro atoms. The van der Waals surface area contributed by atoms with Crippen LogP contribution in [0.25, 0.3) is 0 Å². The lowest BCUT2D eigenvalue weighted by Crippen LogP contribution is -2.07. The van der Waals surface area contributed by atoms with Gasteiger partial charge in [-0.3, -0.25) is 4.18 Å². The van der Waals surface area contributed by atoms with E-state index in [2.05, 4.69) is 4.18 Å². The van der Waals surface area contributed by atoms with Gasteiger partial charge in [-0.15, -0.1) is 0 Å². The highest BCUT2D eigenvalue weighted by molar-refractivity contribution is 7.85. The number of ether oxygens (including phenoxy) is 2. The summed E-state index contributed by atoms with van der Waals surface area (Å²) >= 11 is 0. The molecule has 19 heavy (non-hydrogen) atoms. The molecule has 1 fully saturated rings. The summed E-state index contributed by atoms with van der Waals surface area (Å²) in [6.45, 7) is 0.915. The van der Waals surface area contributed by atoms with Crippen LogP contribution in [-0.2, 0) is 30.2 Å². The molecule has 0 aliphatic carbocycles. The number of benzene rings is 1. The lowest BCUT2D eigenvalue weighted by atomic mass is 10.1. The Kier molecular flexibility index (Phi) is 4.51. The van der Waals surface area contributed by atoms with Crippen LogP contribution >= 0.6 is 0 Å². The first-order valence-corrected chi connectivity index (χ1v) is 7.63. The first kappa shape index (κ1) is 14.4. The molecular weight excluding hydrogens is 275 g/mol. The second-order valence-electron chi connectivity index (χ2n) is 4.20. The summed E-state index contributed by atoms with van der Waals surface area (Å²) < 4.78 is 50.5. The lowest BCUT2D eigenvalue weighted by Gasteiger charge is -2.11. The molecule has 1 aliphatic heterocycles. The molecule has 1 aliphatic rings. The van der Waals surface area contributed by atoms with Gasteiger partial charge in [0.2, 0.25) is 0 Å². The van der Waals surface area contributed by atoms with Gasteiger partial charge in [0.05, 0.1) is 26.1 Å². The third kappa shape index (κ3) is 4.24. The van der Waals surface area contributed by atoms with E-state index in [-0.39, 0.29) is 13.0 Å². The van der Waals surface area contributed by atoms with Crippen LogP contribution in [0, 0.1) is 5.82 Å². The monoisotopic (exact) mass is 290 g/mol. The Hall–Kier alpha value is -1.02. The molecule has 0 amide bonds. The van der Waals surface area contributed by atoms with Crippen molar-refractivity contribution in [2.75, 3.05) is 26.1 Å². The van der Waals surface area contributed by atoms with E-state index in [1.807, 2.05) is 0 Å². The standard InChI is InChI=1S/C12H15FO5S/c1-19(14,15)18-5-4-9-2-3-10(8-11(9)13)12-16-6-7-17-12/h2-3,8,12H,4-7H2,1H3. The van der Waals surface area contributed by atoms with Crippen molar-refractivity contribution in [3.63, 3.8) is 0 Å². The summed E-state index contributed by atoms with van der Waals surface area (Å²) in [5.41, 5.74) is 1.01. The summed E-state index contributed by atoms with van der Waals surface area (Å²) in [5, 5.41) is 0. The molecule has 7 heteroatoms. The molecule has 0 N–H and O–H groups in total. The molecular formula is C12H15FO5S. The first-order chi connectivity index (χ1) is 8.96. The molecule has 0 saturated carbocycles. The molecule has 1 saturated heterocycles. The average molecular weight is 290 g/mol. The summed E-state index contributed by atoms with van der Waals surface area (Å²) in [6.07, 6.45) is 0.628. The Labute approximate surface area is 111 Å². The minimum atomic E-state index is -3.49. The van der Waals surface area contributed by atoms with Crippen LogP contribution in [0.3, 0.4) is 0 Å². The predicted molar refractivity (Wildman–Crippen MR) is 65.5 cm³/mol. The van der Waals surface area contributed by atoms with Gasteiger partial charge in [-0.05, 0) is 11.6 Å². The number of halogens is 1. The van der Waals surface area contributed by atoms with Crippen LogP contribution in [0.1, 0.15) is 17.4 Å². The fourth-order valence-electron chi connectivity index (χ4n) is 1.77. The van der Waals surface area contributed by atoms with E-state index in [0.29, 0.717) is 24.3 Å². The summed E-state index contributed by atoms with van der Waals surface area (Å²) in [7, 11) is -3.49. The SMILES string of the molecule is CS(=O)(=O)OCCc1ccc(C2OCCO2)cc1F. The minimum Gasteiger partial charge on any atom is -0.346 e. The van der Waals surface area contributed by atoms with Crippen LogP contribution < -0.4 is 0 Å². The van der Waals surface area contributed by atoms with Gasteiger partial charge in [0, 0.05) is 12.0 Å². The van der Waals surface area contributed by atoms with Crippen molar-refractivity contribution in [1.82, 2.24) is 0 Å². The van der Waals surface area contributed by atoms with E-state index < -0.39 is 22.2 Å². The molecule has 1 aromatic carbocycles. The van der Waals surface area contributed by atoms with Crippen molar-refractivity contribution in [2.24, 2.45) is 0 Å². The molecule has 0 unspecified atom stereocenters. The molecule has 106 valence electrons. The molecule has 0 atom stereocenters. The highest BCUT2D eigenvalue weighted by Crippen LogP contribution is 2.24. The maximum Gasteiger partial charge on any atom is 0.264 e. The fraction of sp³-hybridized carbons (Fsp3) is 0.500. The van der Waals surface area contributed by atoms with Gasteiger partial charge < -0.3 is 9.47 Å². The lowest BCUT2D eigenvalue weighted by molar-refractivity contribution is -0.0443. The largest absolute Gasteiger partial charge is 0.346 e. The Morgan fingerprint density at radius 2 is 2.05 bits per heavy atom. The zero-order valence-electron chi connectivity index (χ0n) is 10.5. The normalized spacial score (nSPS) is 16.9. The van der Waals surface area contributed by atoms with Gasteiger partial charge in [-0.1, -0.05) is 12.1 Å². The predicted octanol–water partition coefficient (Wildman–Crippen LogP) is 1.39. The van der Waals surface area contributed by atoms with Gasteiger partial charge in [0.25, 0.3) is 10.1 Å². The summed E-state index contributed by atoms with van der Waals surface area (Å²) in [5.74, 6) is -0.422. The van der Waals surface area contributed by atoms with Crippen LogP contribution in [0.5, 0.6) is 0 Å². The number of rotatable bonds is 5. The smallest absolute Gasteiger partial charge is 0.264 e. The van der Waals surface area contributed by atoms with Crippen LogP contribution in [0.2, 0.25) is 0 Å². The second-order valence-corrected chi connectivity index (χ2v) is 5.84. The highest BCUT2D eigenvalue weighted by atomic mass is 32.2. The summed E-state index contributed by atoms with van der Waals surface area (Å²) in [4.78, 5) is 0. The quantitative estimate of drug-likeness (QED) is 0.767. The van der Waals surface area contributed by atoms with E-state index >= 15 is 0 Å². The van der Waals surface area contributed by atoms with Crippen molar-refractivity contribution in [3.05, 3.63) is 35.1 Å². The topological polar surface area (TPSA) is 61.8 Å². The van der Waals surface area contributed by atoms with Crippen molar-refractivity contribution in [2.45, 2.75) is 12.7 Å². The number of hydrogen-bond donors (Lipinski definition) is 0. The Morgan fingerprint density at radius 3 is 2.63 bits per heavy atom. The average Bonchev–Trinajstić information content (AvgIpc) is 2.83. The Morgan fingerprint density at radius 1 is 1.37 bits per heavy atom. The van der Waals surface area contributed by atoms with Crippen molar-refractivity contribution in [1.29, 1.82) is 0 Å². The van der Waals surface area contributed by atoms with Gasteiger partial charge in [0.1, 0.15) is 5.82 Å². The maximum absolute atomic E-state index is 13.8. The van der Waals surface area contributed by atoms with Crippen LogP contribution in [-0.4, -0.2) is 34.5 Å². The van der Waals surface area contributed by atoms with Crippen molar-refractivity contribution in [3.8, 4) is 0 Å². The van der Waals surface area contributed by atoms with E-state index in [9.17, 15) is 12.8 Å². The molecule has 5 nitrogen and oxygen atoms in total.